The van der Waals surface area contributed by atoms with Gasteiger partial charge in [-0.1, -0.05) is 13.0 Å². The number of para-hydroxylation sites is 1. The summed E-state index contributed by atoms with van der Waals surface area (Å²) in [5.41, 5.74) is 7.37. The third-order valence-electron chi connectivity index (χ3n) is 5.94. The number of rotatable bonds is 8. The third-order valence-corrected chi connectivity index (χ3v) is 8.13. The van der Waals surface area contributed by atoms with Crippen molar-refractivity contribution in [3.63, 3.8) is 0 Å². The van der Waals surface area contributed by atoms with E-state index in [9.17, 15) is 13.2 Å². The largest absolute Gasteiger partial charge is 0.494 e. The number of carbonyl (C=O) groups excluding carboxylic acids is 1. The number of amides is 1. The number of ether oxygens (including phenoxy) is 2. The van der Waals surface area contributed by atoms with E-state index in [1.54, 1.807) is 44.6 Å². The number of nitrogens with one attached hydrogen (secondary N) is 1. The Morgan fingerprint density at radius 2 is 1.58 bits per heavy atom. The third kappa shape index (κ3) is 5.52. The Labute approximate surface area is 222 Å². The fourth-order valence-electron chi connectivity index (χ4n) is 3.73. The number of methoxy groups -OCH3 is 2. The smallest absolute Gasteiger partial charge is 0.279 e. The summed E-state index contributed by atoms with van der Waals surface area (Å²) < 4.78 is 39.6. The maximum Gasteiger partial charge on any atom is 0.279 e. The van der Waals surface area contributed by atoms with Gasteiger partial charge in [0.25, 0.3) is 15.9 Å². The minimum Gasteiger partial charge on any atom is -0.494 e. The van der Waals surface area contributed by atoms with Crippen LogP contribution in [0.4, 0.5) is 5.69 Å². The number of benzene rings is 1. The molecule has 0 bridgehead atoms. The van der Waals surface area contributed by atoms with Crippen LogP contribution in [-0.4, -0.2) is 59.1 Å². The molecular formula is C25H31N7O5S. The average Bonchev–Trinajstić information content (AvgIpc) is 2.90. The van der Waals surface area contributed by atoms with Crippen LogP contribution in [0.1, 0.15) is 47.1 Å². The van der Waals surface area contributed by atoms with Gasteiger partial charge in [0.05, 0.1) is 25.0 Å². The van der Waals surface area contributed by atoms with Crippen molar-refractivity contribution in [3.8, 4) is 11.5 Å². The van der Waals surface area contributed by atoms with Gasteiger partial charge in [0.15, 0.2) is 5.69 Å². The van der Waals surface area contributed by atoms with Gasteiger partial charge in [-0.2, -0.15) is 5.01 Å². The molecule has 1 aromatic carbocycles. The van der Waals surface area contributed by atoms with E-state index in [0.29, 0.717) is 9.98 Å². The predicted molar refractivity (Wildman–Crippen MR) is 143 cm³/mol. The molecule has 0 spiro atoms. The van der Waals surface area contributed by atoms with Crippen molar-refractivity contribution in [1.82, 2.24) is 19.4 Å². The molecule has 2 atom stereocenters. The number of hydrazine groups is 1. The highest BCUT2D eigenvalue weighted by Gasteiger charge is 2.43. The van der Waals surface area contributed by atoms with Crippen LogP contribution in [0.15, 0.2) is 49.1 Å². The number of pyridine rings is 1. The fourth-order valence-corrected chi connectivity index (χ4v) is 5.34. The van der Waals surface area contributed by atoms with Crippen molar-refractivity contribution < 1.29 is 22.7 Å². The molecule has 0 fully saturated rings. The van der Waals surface area contributed by atoms with E-state index in [2.05, 4.69) is 15.0 Å². The van der Waals surface area contributed by atoms with Crippen molar-refractivity contribution in [2.24, 2.45) is 5.73 Å². The lowest BCUT2D eigenvalue weighted by atomic mass is 10.1. The number of hydrogen-bond acceptors (Lipinski definition) is 9. The maximum atomic E-state index is 14.1. The minimum atomic E-state index is -4.54. The normalized spacial score (nSPS) is 12.8. The lowest BCUT2D eigenvalue weighted by Crippen LogP contribution is -2.58. The van der Waals surface area contributed by atoms with Gasteiger partial charge >= 0.3 is 0 Å². The van der Waals surface area contributed by atoms with Crippen LogP contribution in [0.2, 0.25) is 0 Å². The van der Waals surface area contributed by atoms with Crippen molar-refractivity contribution >= 4 is 27.6 Å². The van der Waals surface area contributed by atoms with Crippen LogP contribution < -0.4 is 20.2 Å². The molecule has 3 rings (SSSR count). The summed E-state index contributed by atoms with van der Waals surface area (Å²) in [5, 5.41) is 7.87. The van der Waals surface area contributed by atoms with Crippen LogP contribution in [0.5, 0.6) is 11.5 Å². The van der Waals surface area contributed by atoms with Crippen molar-refractivity contribution in [1.29, 1.82) is 5.41 Å². The highest BCUT2D eigenvalue weighted by Crippen LogP contribution is 2.41. The maximum absolute atomic E-state index is 14.1. The molecule has 0 aliphatic carbocycles. The van der Waals surface area contributed by atoms with Gasteiger partial charge < -0.3 is 15.2 Å². The lowest BCUT2D eigenvalue weighted by Gasteiger charge is -2.37. The van der Waals surface area contributed by atoms with E-state index in [1.165, 1.54) is 39.5 Å². The molecule has 0 saturated carbocycles. The van der Waals surface area contributed by atoms with Crippen molar-refractivity contribution in [2.75, 3.05) is 19.2 Å². The summed E-state index contributed by atoms with van der Waals surface area (Å²) in [6.07, 6.45) is 6.01. The van der Waals surface area contributed by atoms with E-state index in [4.69, 9.17) is 20.6 Å². The highest BCUT2D eigenvalue weighted by atomic mass is 32.2. The zero-order valence-corrected chi connectivity index (χ0v) is 22.9. The summed E-state index contributed by atoms with van der Waals surface area (Å²) in [7, 11) is -1.82. The number of sulfonamides is 1. The molecule has 2 aromatic heterocycles. The van der Waals surface area contributed by atoms with E-state index in [-0.39, 0.29) is 28.6 Å². The van der Waals surface area contributed by atoms with Gasteiger partial charge in [0.1, 0.15) is 17.3 Å². The number of hydrogen-bond donors (Lipinski definition) is 2. The predicted octanol–water partition coefficient (Wildman–Crippen LogP) is 2.78. The first-order valence-electron chi connectivity index (χ1n) is 11.6. The first kappa shape index (κ1) is 28.3. The Hall–Kier alpha value is -4.26. The Balaban J connectivity index is 2.26. The Morgan fingerprint density at radius 1 is 1.00 bits per heavy atom. The Bertz CT molecular complexity index is 1410. The van der Waals surface area contributed by atoms with Crippen molar-refractivity contribution in [2.45, 2.75) is 38.9 Å². The number of aryl methyl sites for hydroxylation is 2. The first-order valence-corrected chi connectivity index (χ1v) is 13.1. The molecule has 202 valence electrons. The van der Waals surface area contributed by atoms with E-state index < -0.39 is 33.1 Å². The van der Waals surface area contributed by atoms with E-state index in [1.807, 2.05) is 6.92 Å². The van der Waals surface area contributed by atoms with E-state index in [0.717, 1.165) is 10.6 Å². The molecule has 2 heterocycles. The SMILES string of the molecule is COc1cccc(OC)c1N(C(=O)c1cncc(C)c1)N(C(=N)N)S(=O)(=O)[C@@H](C)[C@H](C)c1ncc(C)cn1. The van der Waals surface area contributed by atoms with E-state index >= 15 is 0 Å². The molecule has 3 N–H and O–H groups in total. The fraction of sp³-hybridized carbons (Fsp3) is 0.320. The lowest BCUT2D eigenvalue weighted by molar-refractivity contribution is 0.0957. The molecule has 3 aromatic rings. The molecule has 0 unspecified atom stereocenters. The molecule has 0 radical (unpaired) electrons. The molecular weight excluding hydrogens is 510 g/mol. The minimum absolute atomic E-state index is 0.0574. The molecule has 1 amide bonds. The van der Waals surface area contributed by atoms with Gasteiger partial charge in [0.2, 0.25) is 5.96 Å². The van der Waals surface area contributed by atoms with Gasteiger partial charge in [-0.05, 0) is 50.1 Å². The quantitative estimate of drug-likeness (QED) is 0.248. The number of nitrogens with two attached hydrogens (primary N) is 1. The number of nitrogens with zero attached hydrogens (tertiary/aromatic N) is 5. The monoisotopic (exact) mass is 541 g/mol. The molecule has 0 saturated heterocycles. The second kappa shape index (κ2) is 11.4. The van der Waals surface area contributed by atoms with Gasteiger partial charge in [-0.3, -0.25) is 15.2 Å². The highest BCUT2D eigenvalue weighted by molar-refractivity contribution is 7.90. The summed E-state index contributed by atoms with van der Waals surface area (Å²) >= 11 is 0. The Kier molecular flexibility index (Phi) is 8.51. The standard InChI is InChI=1S/C25H31N7O5S/c1-15-10-19(14-28-11-15)24(33)31(22-20(36-5)8-7-9-21(22)37-6)32(25(26)27)38(34,35)18(4)17(3)23-29-12-16(2)13-30-23/h7-14,17-18H,1-6H3,(H3,26,27)/t17-,18-/m0/s1. The van der Waals surface area contributed by atoms with Crippen LogP contribution in [0.25, 0.3) is 0 Å². The second-order valence-corrected chi connectivity index (χ2v) is 10.8. The number of anilines is 1. The number of aromatic nitrogens is 3. The van der Waals surface area contributed by atoms with Crippen molar-refractivity contribution in [3.05, 3.63) is 71.6 Å². The van der Waals surface area contributed by atoms with Crippen LogP contribution in [0, 0.1) is 19.3 Å². The zero-order valence-electron chi connectivity index (χ0n) is 22.0. The second-order valence-electron chi connectivity index (χ2n) is 8.66. The molecule has 12 nitrogen and oxygen atoms in total. The average molecular weight is 542 g/mol. The summed E-state index contributed by atoms with van der Waals surface area (Å²) in [4.78, 5) is 26.6. The summed E-state index contributed by atoms with van der Waals surface area (Å²) in [6, 6.07) is 6.22. The summed E-state index contributed by atoms with van der Waals surface area (Å²) in [5.74, 6) is -1.96. The first-order chi connectivity index (χ1) is 17.9. The number of guanidine groups is 1. The Morgan fingerprint density at radius 3 is 2.08 bits per heavy atom. The zero-order chi connectivity index (χ0) is 28.2. The molecule has 0 aliphatic heterocycles. The van der Waals surface area contributed by atoms with Crippen LogP contribution in [0.3, 0.4) is 0 Å². The summed E-state index contributed by atoms with van der Waals surface area (Å²) in [6.45, 7) is 6.64. The van der Waals surface area contributed by atoms with Gasteiger partial charge in [0, 0.05) is 30.7 Å². The molecule has 38 heavy (non-hydrogen) atoms. The van der Waals surface area contributed by atoms with Gasteiger partial charge in [-0.25, -0.2) is 18.4 Å². The number of carbonyl (C=O) groups is 1. The van der Waals surface area contributed by atoms with Gasteiger partial charge in [-0.15, -0.1) is 4.41 Å². The molecule has 0 aliphatic rings. The topological polar surface area (TPSA) is 165 Å². The van der Waals surface area contributed by atoms with Crippen LogP contribution >= 0.6 is 0 Å². The van der Waals surface area contributed by atoms with Crippen LogP contribution in [-0.2, 0) is 10.0 Å². The molecule has 13 heteroatoms.